The van der Waals surface area contributed by atoms with Crippen molar-refractivity contribution < 1.29 is 0 Å². The smallest absolute Gasteiger partial charge is 0.0619 e. The summed E-state index contributed by atoms with van der Waals surface area (Å²) >= 11 is 0. The van der Waals surface area contributed by atoms with Gasteiger partial charge in [-0.05, 0) is 66.4 Å². The fourth-order valence-corrected chi connectivity index (χ4v) is 7.68. The molecule has 2 nitrogen and oxygen atoms in total. The van der Waals surface area contributed by atoms with Crippen molar-refractivity contribution in [3.8, 4) is 22.5 Å². The van der Waals surface area contributed by atoms with Gasteiger partial charge in [-0.2, -0.15) is 0 Å². The zero-order chi connectivity index (χ0) is 29.9. The SMILES string of the molecule is Cc1cccc(-n2c3c(c4ccccc42)C=CCC3c2ccccc2-c2cccc3c4ccccc4n(-c4ccccc4)c23)c1. The van der Waals surface area contributed by atoms with Crippen molar-refractivity contribution in [1.29, 1.82) is 0 Å². The van der Waals surface area contributed by atoms with Crippen LogP contribution in [0.3, 0.4) is 0 Å². The summed E-state index contributed by atoms with van der Waals surface area (Å²) in [5, 5.41) is 3.86. The van der Waals surface area contributed by atoms with Crippen LogP contribution in [0, 0.1) is 6.92 Å². The number of rotatable bonds is 4. The summed E-state index contributed by atoms with van der Waals surface area (Å²) < 4.78 is 4.97. The first-order chi connectivity index (χ1) is 22.3. The normalized spacial score (nSPS) is 14.4. The second kappa shape index (κ2) is 10.2. The van der Waals surface area contributed by atoms with Gasteiger partial charge in [-0.25, -0.2) is 0 Å². The Morgan fingerprint density at radius 3 is 2.02 bits per heavy atom. The molecular weight excluding hydrogens is 544 g/mol. The number of benzene rings is 6. The lowest BCUT2D eigenvalue weighted by molar-refractivity contribution is 0.765. The predicted molar refractivity (Wildman–Crippen MR) is 190 cm³/mol. The van der Waals surface area contributed by atoms with Gasteiger partial charge in [-0.3, -0.25) is 0 Å². The molecule has 8 aromatic rings. The van der Waals surface area contributed by atoms with Gasteiger partial charge < -0.3 is 9.13 Å². The van der Waals surface area contributed by atoms with E-state index < -0.39 is 0 Å². The molecule has 9 rings (SSSR count). The van der Waals surface area contributed by atoms with E-state index in [9.17, 15) is 0 Å². The number of aryl methyl sites for hydroxylation is 1. The van der Waals surface area contributed by atoms with Crippen molar-refractivity contribution in [2.24, 2.45) is 0 Å². The molecule has 0 bridgehead atoms. The van der Waals surface area contributed by atoms with Crippen LogP contribution < -0.4 is 0 Å². The molecule has 0 saturated heterocycles. The van der Waals surface area contributed by atoms with Crippen molar-refractivity contribution in [3.63, 3.8) is 0 Å². The second-order valence-corrected chi connectivity index (χ2v) is 12.2. The van der Waals surface area contributed by atoms with Gasteiger partial charge in [-0.1, -0.05) is 121 Å². The van der Waals surface area contributed by atoms with Crippen molar-refractivity contribution in [3.05, 3.63) is 174 Å². The molecule has 0 radical (unpaired) electrons. The van der Waals surface area contributed by atoms with E-state index in [0.29, 0.717) is 0 Å². The van der Waals surface area contributed by atoms with Crippen LogP contribution in [0.4, 0.5) is 0 Å². The first-order valence-corrected chi connectivity index (χ1v) is 15.8. The van der Waals surface area contributed by atoms with Crippen LogP contribution in [0.15, 0.2) is 152 Å². The van der Waals surface area contributed by atoms with E-state index in [1.165, 1.54) is 77.6 Å². The first kappa shape index (κ1) is 25.9. The molecule has 0 amide bonds. The van der Waals surface area contributed by atoms with Crippen molar-refractivity contribution >= 4 is 38.8 Å². The quantitative estimate of drug-likeness (QED) is 0.197. The van der Waals surface area contributed by atoms with Gasteiger partial charge in [0.1, 0.15) is 0 Å². The van der Waals surface area contributed by atoms with Gasteiger partial charge in [0.2, 0.25) is 0 Å². The molecule has 2 heteroatoms. The lowest BCUT2D eigenvalue weighted by atomic mass is 9.82. The molecule has 0 spiro atoms. The third-order valence-corrected chi connectivity index (χ3v) is 9.53. The summed E-state index contributed by atoms with van der Waals surface area (Å²) in [6, 6.07) is 53.3. The fourth-order valence-electron chi connectivity index (χ4n) is 7.68. The van der Waals surface area contributed by atoms with Crippen LogP contribution in [-0.4, -0.2) is 9.13 Å². The number of aromatic nitrogens is 2. The van der Waals surface area contributed by atoms with E-state index in [1.807, 2.05) is 0 Å². The summed E-state index contributed by atoms with van der Waals surface area (Å²) in [4.78, 5) is 0. The highest BCUT2D eigenvalue weighted by Gasteiger charge is 2.29. The standard InChI is InChI=1S/C43H32N2/c1-29-14-11-17-31(28-29)45-41-27-10-8-21-35(41)39-25-13-23-37(43(39)45)33-19-6-5-18-32(33)36-22-12-24-38-34-20-7-9-26-40(34)44(42(36)38)30-15-3-2-4-16-30/h2-22,24-28,37H,23H2,1H3. The zero-order valence-electron chi connectivity index (χ0n) is 25.2. The Balaban J connectivity index is 1.34. The maximum Gasteiger partial charge on any atom is 0.0619 e. The third kappa shape index (κ3) is 3.96. The largest absolute Gasteiger partial charge is 0.312 e. The zero-order valence-corrected chi connectivity index (χ0v) is 25.2. The fraction of sp³-hybridized carbons (Fsp3) is 0.0698. The number of hydrogen-bond acceptors (Lipinski definition) is 0. The lowest BCUT2D eigenvalue weighted by Crippen LogP contribution is -2.12. The maximum atomic E-state index is 2.52. The summed E-state index contributed by atoms with van der Waals surface area (Å²) in [6.07, 6.45) is 5.67. The van der Waals surface area contributed by atoms with E-state index in [-0.39, 0.29) is 5.92 Å². The van der Waals surface area contributed by atoms with Crippen molar-refractivity contribution in [1.82, 2.24) is 9.13 Å². The Hall–Kier alpha value is -5.60. The Bertz CT molecular complexity index is 2420. The van der Waals surface area contributed by atoms with Gasteiger partial charge >= 0.3 is 0 Å². The van der Waals surface area contributed by atoms with Gasteiger partial charge in [0.15, 0.2) is 0 Å². The van der Waals surface area contributed by atoms with Crippen molar-refractivity contribution in [2.75, 3.05) is 0 Å². The highest BCUT2D eigenvalue weighted by Crippen LogP contribution is 2.46. The molecule has 1 aliphatic rings. The average Bonchev–Trinajstić information content (AvgIpc) is 3.62. The van der Waals surface area contributed by atoms with Gasteiger partial charge in [0, 0.05) is 50.3 Å². The lowest BCUT2D eigenvalue weighted by Gasteiger charge is -2.26. The summed E-state index contributed by atoms with van der Waals surface area (Å²) in [5.74, 6) is 0.193. The topological polar surface area (TPSA) is 9.86 Å². The molecule has 0 N–H and O–H groups in total. The number of hydrogen-bond donors (Lipinski definition) is 0. The van der Waals surface area contributed by atoms with E-state index in [0.717, 1.165) is 6.42 Å². The van der Waals surface area contributed by atoms with Crippen LogP contribution in [0.1, 0.15) is 34.7 Å². The molecule has 0 saturated carbocycles. The summed E-state index contributed by atoms with van der Waals surface area (Å²) in [7, 11) is 0. The second-order valence-electron chi connectivity index (χ2n) is 12.2. The first-order valence-electron chi connectivity index (χ1n) is 15.8. The number of fused-ring (bicyclic) bond motifs is 6. The molecule has 1 aliphatic carbocycles. The Morgan fingerprint density at radius 2 is 1.18 bits per heavy atom. The van der Waals surface area contributed by atoms with Gasteiger partial charge in [0.25, 0.3) is 0 Å². The van der Waals surface area contributed by atoms with E-state index in [4.69, 9.17) is 0 Å². The van der Waals surface area contributed by atoms with E-state index in [2.05, 4.69) is 174 Å². The summed E-state index contributed by atoms with van der Waals surface area (Å²) in [5.41, 5.74) is 14.0. The Kier molecular flexibility index (Phi) is 5.89. The molecule has 0 fully saturated rings. The monoisotopic (exact) mass is 576 g/mol. The Morgan fingerprint density at radius 1 is 0.533 bits per heavy atom. The molecule has 0 aliphatic heterocycles. The average molecular weight is 577 g/mol. The summed E-state index contributed by atoms with van der Waals surface area (Å²) in [6.45, 7) is 2.18. The molecule has 2 aromatic heterocycles. The minimum atomic E-state index is 0.193. The highest BCUT2D eigenvalue weighted by molar-refractivity contribution is 6.14. The minimum Gasteiger partial charge on any atom is -0.312 e. The molecule has 214 valence electrons. The molecule has 2 heterocycles. The predicted octanol–water partition coefficient (Wildman–Crippen LogP) is 11.3. The van der Waals surface area contributed by atoms with E-state index >= 15 is 0 Å². The minimum absolute atomic E-state index is 0.193. The van der Waals surface area contributed by atoms with Gasteiger partial charge in [-0.15, -0.1) is 0 Å². The van der Waals surface area contributed by atoms with Crippen LogP contribution in [0.2, 0.25) is 0 Å². The number of allylic oxidation sites excluding steroid dienone is 1. The maximum absolute atomic E-state index is 2.52. The molecule has 1 unspecified atom stereocenters. The molecule has 45 heavy (non-hydrogen) atoms. The van der Waals surface area contributed by atoms with Crippen LogP contribution >= 0.6 is 0 Å². The molecule has 1 atom stereocenters. The van der Waals surface area contributed by atoms with Gasteiger partial charge in [0.05, 0.1) is 16.6 Å². The van der Waals surface area contributed by atoms with Crippen LogP contribution in [0.5, 0.6) is 0 Å². The van der Waals surface area contributed by atoms with E-state index in [1.54, 1.807) is 0 Å². The number of nitrogens with zero attached hydrogens (tertiary/aromatic N) is 2. The Labute approximate surface area is 263 Å². The molecular formula is C43H32N2. The van der Waals surface area contributed by atoms with Crippen molar-refractivity contribution in [2.45, 2.75) is 19.3 Å². The third-order valence-electron chi connectivity index (χ3n) is 9.53. The molecule has 6 aromatic carbocycles. The van der Waals surface area contributed by atoms with Crippen LogP contribution in [0.25, 0.3) is 61.3 Å². The number of para-hydroxylation sites is 4. The highest BCUT2D eigenvalue weighted by atomic mass is 15.0. The van der Waals surface area contributed by atoms with Crippen LogP contribution in [-0.2, 0) is 0 Å².